The van der Waals surface area contributed by atoms with Crippen LogP contribution in [0.3, 0.4) is 0 Å². The molecule has 1 saturated heterocycles. The number of ether oxygens (including phenoxy) is 1. The number of hydrogen-bond donors (Lipinski definition) is 2. The van der Waals surface area contributed by atoms with Crippen LogP contribution in [0.15, 0.2) is 78.2 Å². The summed E-state index contributed by atoms with van der Waals surface area (Å²) in [7, 11) is 0. The quantitative estimate of drug-likeness (QED) is 0.259. The molecule has 5 aromatic rings. The van der Waals surface area contributed by atoms with Crippen molar-refractivity contribution < 1.29 is 4.74 Å². The first-order valence-electron chi connectivity index (χ1n) is 14.1. The molecule has 1 atom stereocenters. The number of H-pyrrole nitrogens is 1. The molecule has 0 bridgehead atoms. The molecule has 2 aromatic carbocycles. The van der Waals surface area contributed by atoms with Gasteiger partial charge in [-0.1, -0.05) is 24.3 Å². The summed E-state index contributed by atoms with van der Waals surface area (Å²) in [6, 6.07) is 19.4. The van der Waals surface area contributed by atoms with Crippen LogP contribution < -0.4 is 10.1 Å². The average molecular weight is 528 g/mol. The second-order valence-corrected chi connectivity index (χ2v) is 11.1. The molecule has 2 N–H and O–H groups in total. The molecule has 0 saturated carbocycles. The summed E-state index contributed by atoms with van der Waals surface area (Å²) in [4.78, 5) is 18.0. The number of rotatable bonds is 5. The van der Waals surface area contributed by atoms with Gasteiger partial charge >= 0.3 is 0 Å². The van der Waals surface area contributed by atoms with E-state index in [1.54, 1.807) is 0 Å². The highest BCUT2D eigenvalue weighted by molar-refractivity contribution is 6.17. The average Bonchev–Trinajstić information content (AvgIpc) is 3.56. The normalized spacial score (nSPS) is 17.2. The molecule has 2 aliphatic rings. The van der Waals surface area contributed by atoms with E-state index in [1.165, 1.54) is 16.5 Å². The van der Waals surface area contributed by atoms with Crippen molar-refractivity contribution in [2.24, 2.45) is 4.99 Å². The molecule has 40 heavy (non-hydrogen) atoms. The van der Waals surface area contributed by atoms with Crippen LogP contribution in [-0.4, -0.2) is 39.9 Å². The zero-order chi connectivity index (χ0) is 27.2. The van der Waals surface area contributed by atoms with Crippen LogP contribution in [-0.2, 0) is 0 Å². The standard InChI is InChI=1S/C34H33N5O/c1-20-13-24(15-27(14-20)40-26-8-11-35-12-9-26)25-16-30-33(37-19-25)22(3)38-34(30)31-17-29-28(23-5-4-10-36-18-23)7-6-21(2)32(29)39-31/h4-7,10,13-19,22,26,35,39H,8-9,11-12H2,1-3H3/t22-/m0/s1. The minimum atomic E-state index is 0.000618. The molecular weight excluding hydrogens is 494 g/mol. The summed E-state index contributed by atoms with van der Waals surface area (Å²) in [6.45, 7) is 8.40. The van der Waals surface area contributed by atoms with Crippen LogP contribution in [0, 0.1) is 13.8 Å². The van der Waals surface area contributed by atoms with Gasteiger partial charge in [-0.3, -0.25) is 15.0 Å². The molecule has 0 radical (unpaired) electrons. The Hall–Kier alpha value is -4.29. The van der Waals surface area contributed by atoms with Gasteiger partial charge in [-0.15, -0.1) is 0 Å². The molecule has 7 rings (SSSR count). The molecule has 3 aromatic heterocycles. The number of hydrogen-bond acceptors (Lipinski definition) is 5. The van der Waals surface area contributed by atoms with Crippen molar-refractivity contribution in [2.75, 3.05) is 13.1 Å². The van der Waals surface area contributed by atoms with Gasteiger partial charge in [-0.25, -0.2) is 0 Å². The van der Waals surface area contributed by atoms with E-state index in [9.17, 15) is 0 Å². The van der Waals surface area contributed by atoms with E-state index < -0.39 is 0 Å². The predicted molar refractivity (Wildman–Crippen MR) is 161 cm³/mol. The van der Waals surface area contributed by atoms with Gasteiger partial charge in [0.2, 0.25) is 0 Å². The van der Waals surface area contributed by atoms with Crippen LogP contribution in [0.2, 0.25) is 0 Å². The van der Waals surface area contributed by atoms with Crippen molar-refractivity contribution in [3.8, 4) is 28.0 Å². The maximum absolute atomic E-state index is 6.40. The number of aromatic nitrogens is 3. The van der Waals surface area contributed by atoms with Crippen molar-refractivity contribution >= 4 is 16.6 Å². The van der Waals surface area contributed by atoms with E-state index in [1.807, 2.05) is 24.7 Å². The van der Waals surface area contributed by atoms with Crippen LogP contribution in [0.1, 0.15) is 53.9 Å². The number of aliphatic imine (C=N–C) groups is 1. The van der Waals surface area contributed by atoms with E-state index >= 15 is 0 Å². The van der Waals surface area contributed by atoms with Crippen molar-refractivity contribution in [1.29, 1.82) is 0 Å². The Bertz CT molecular complexity index is 1750. The molecule has 6 heteroatoms. The molecule has 0 unspecified atom stereocenters. The number of nitrogens with one attached hydrogen (secondary N) is 2. The third-order valence-corrected chi connectivity index (χ3v) is 8.10. The maximum atomic E-state index is 6.40. The van der Waals surface area contributed by atoms with Gasteiger partial charge in [0.1, 0.15) is 11.9 Å². The third-order valence-electron chi connectivity index (χ3n) is 8.10. The molecule has 0 aliphatic carbocycles. The van der Waals surface area contributed by atoms with Gasteiger partial charge in [-0.2, -0.15) is 0 Å². The molecule has 0 spiro atoms. The minimum Gasteiger partial charge on any atom is -0.490 e. The highest BCUT2D eigenvalue weighted by atomic mass is 16.5. The molecule has 6 nitrogen and oxygen atoms in total. The van der Waals surface area contributed by atoms with Crippen molar-refractivity contribution in [2.45, 2.75) is 45.8 Å². The molecule has 2 aliphatic heterocycles. The molecule has 0 amide bonds. The zero-order valence-electron chi connectivity index (χ0n) is 23.2. The minimum absolute atomic E-state index is 0.000618. The Morgan fingerprint density at radius 1 is 0.875 bits per heavy atom. The Balaban J connectivity index is 1.27. The van der Waals surface area contributed by atoms with Gasteiger partial charge in [0.15, 0.2) is 0 Å². The van der Waals surface area contributed by atoms with Crippen LogP contribution in [0.25, 0.3) is 33.2 Å². The van der Waals surface area contributed by atoms with Gasteiger partial charge < -0.3 is 15.0 Å². The number of nitrogens with zero attached hydrogens (tertiary/aromatic N) is 3. The van der Waals surface area contributed by atoms with Crippen LogP contribution in [0.5, 0.6) is 5.75 Å². The topological polar surface area (TPSA) is 75.2 Å². The van der Waals surface area contributed by atoms with E-state index in [4.69, 9.17) is 14.7 Å². The molecular formula is C34H33N5O. The Labute approximate surface area is 234 Å². The highest BCUT2D eigenvalue weighted by Crippen LogP contribution is 2.37. The second kappa shape index (κ2) is 10.0. The van der Waals surface area contributed by atoms with Crippen LogP contribution in [0.4, 0.5) is 0 Å². The first-order chi connectivity index (χ1) is 19.5. The lowest BCUT2D eigenvalue weighted by Crippen LogP contribution is -2.34. The van der Waals surface area contributed by atoms with E-state index in [-0.39, 0.29) is 12.1 Å². The lowest BCUT2D eigenvalue weighted by molar-refractivity contribution is 0.162. The molecule has 5 heterocycles. The summed E-state index contributed by atoms with van der Waals surface area (Å²) >= 11 is 0. The number of aromatic amines is 1. The largest absolute Gasteiger partial charge is 0.490 e. The first kappa shape index (κ1) is 24.7. The summed E-state index contributed by atoms with van der Waals surface area (Å²) < 4.78 is 6.40. The third kappa shape index (κ3) is 4.48. The fourth-order valence-corrected chi connectivity index (χ4v) is 6.04. The van der Waals surface area contributed by atoms with Crippen molar-refractivity contribution in [3.05, 3.63) is 101 Å². The number of aryl methyl sites for hydroxylation is 2. The number of piperidine rings is 1. The summed E-state index contributed by atoms with van der Waals surface area (Å²) in [5, 5.41) is 4.59. The number of pyridine rings is 2. The summed E-state index contributed by atoms with van der Waals surface area (Å²) in [5.41, 5.74) is 12.0. The smallest absolute Gasteiger partial charge is 0.120 e. The lowest BCUT2D eigenvalue weighted by atomic mass is 9.98. The SMILES string of the molecule is Cc1cc(OC2CCNCC2)cc(-c2cnc3c(c2)C(c2cc4c(-c5cccnc5)ccc(C)c4[nH]2)=N[C@H]3C)c1. The second-order valence-electron chi connectivity index (χ2n) is 11.1. The van der Waals surface area contributed by atoms with Gasteiger partial charge in [-0.05, 0) is 99.3 Å². The van der Waals surface area contributed by atoms with Crippen molar-refractivity contribution in [1.82, 2.24) is 20.3 Å². The Morgan fingerprint density at radius 2 is 1.75 bits per heavy atom. The molecule has 1 fully saturated rings. The summed E-state index contributed by atoms with van der Waals surface area (Å²) in [5.74, 6) is 0.929. The highest BCUT2D eigenvalue weighted by Gasteiger charge is 2.27. The fraction of sp³-hybridized carbons (Fsp3) is 0.265. The zero-order valence-corrected chi connectivity index (χ0v) is 23.2. The fourth-order valence-electron chi connectivity index (χ4n) is 6.04. The predicted octanol–water partition coefficient (Wildman–Crippen LogP) is 6.95. The Kier molecular flexibility index (Phi) is 6.20. The lowest BCUT2D eigenvalue weighted by Gasteiger charge is -2.24. The van der Waals surface area contributed by atoms with E-state index in [2.05, 4.69) is 84.6 Å². The van der Waals surface area contributed by atoms with Crippen LogP contribution >= 0.6 is 0 Å². The van der Waals surface area contributed by atoms with Crippen molar-refractivity contribution in [3.63, 3.8) is 0 Å². The van der Waals surface area contributed by atoms with Gasteiger partial charge in [0.05, 0.1) is 23.1 Å². The van der Waals surface area contributed by atoms with Gasteiger partial charge in [0.25, 0.3) is 0 Å². The number of fused-ring (bicyclic) bond motifs is 2. The monoisotopic (exact) mass is 527 g/mol. The summed E-state index contributed by atoms with van der Waals surface area (Å²) in [6.07, 6.45) is 8.04. The van der Waals surface area contributed by atoms with E-state index in [0.717, 1.165) is 82.1 Å². The van der Waals surface area contributed by atoms with Gasteiger partial charge in [0, 0.05) is 46.2 Å². The Morgan fingerprint density at radius 3 is 2.58 bits per heavy atom. The van der Waals surface area contributed by atoms with E-state index in [0.29, 0.717) is 0 Å². The first-order valence-corrected chi connectivity index (χ1v) is 14.1. The maximum Gasteiger partial charge on any atom is 0.120 e. The molecule has 200 valence electrons. The number of benzene rings is 2.